The molecule has 0 saturated carbocycles. The Morgan fingerprint density at radius 1 is 1.43 bits per heavy atom. The summed E-state index contributed by atoms with van der Waals surface area (Å²) in [6.45, 7) is 0.679. The average Bonchev–Trinajstić information content (AvgIpc) is 2.94. The Morgan fingerprint density at radius 2 is 2.24 bits per heavy atom. The SMILES string of the molecule is O=[N+]([O-])c1ccc(Cl)c(NC(=S)NCCc2cccs2)c1. The molecule has 0 radical (unpaired) electrons. The first-order chi connectivity index (χ1) is 10.1. The van der Waals surface area contributed by atoms with E-state index in [1.165, 1.54) is 23.1 Å². The highest BCUT2D eigenvalue weighted by molar-refractivity contribution is 7.80. The highest BCUT2D eigenvalue weighted by Crippen LogP contribution is 2.26. The van der Waals surface area contributed by atoms with E-state index in [2.05, 4.69) is 16.7 Å². The fraction of sp³-hybridized carbons (Fsp3) is 0.154. The van der Waals surface area contributed by atoms with Crippen LogP contribution in [0.2, 0.25) is 5.02 Å². The molecule has 0 unspecified atom stereocenters. The Hall–Kier alpha value is -1.70. The molecule has 0 saturated heterocycles. The highest BCUT2D eigenvalue weighted by atomic mass is 35.5. The predicted molar refractivity (Wildman–Crippen MR) is 90.4 cm³/mol. The molecule has 5 nitrogen and oxygen atoms in total. The van der Waals surface area contributed by atoms with Crippen molar-refractivity contribution >= 4 is 51.6 Å². The number of rotatable bonds is 5. The average molecular weight is 342 g/mol. The van der Waals surface area contributed by atoms with Crippen molar-refractivity contribution < 1.29 is 4.92 Å². The number of hydrogen-bond donors (Lipinski definition) is 2. The number of nitro benzene ring substituents is 1. The Labute approximate surface area is 136 Å². The van der Waals surface area contributed by atoms with E-state index >= 15 is 0 Å². The van der Waals surface area contributed by atoms with Gasteiger partial charge in [-0.1, -0.05) is 17.7 Å². The number of thiocarbonyl (C=S) groups is 1. The van der Waals surface area contributed by atoms with Gasteiger partial charge < -0.3 is 10.6 Å². The van der Waals surface area contributed by atoms with Crippen LogP contribution in [0.3, 0.4) is 0 Å². The molecule has 0 spiro atoms. The molecule has 1 heterocycles. The molecule has 2 aromatic rings. The monoisotopic (exact) mass is 341 g/mol. The van der Waals surface area contributed by atoms with Crippen LogP contribution in [0.1, 0.15) is 4.88 Å². The van der Waals surface area contributed by atoms with Gasteiger partial charge in [0.1, 0.15) is 0 Å². The van der Waals surface area contributed by atoms with E-state index in [-0.39, 0.29) is 5.69 Å². The fourth-order valence-electron chi connectivity index (χ4n) is 1.64. The number of nitrogens with one attached hydrogen (secondary N) is 2. The van der Waals surface area contributed by atoms with Crippen LogP contribution in [-0.4, -0.2) is 16.6 Å². The van der Waals surface area contributed by atoms with Crippen LogP contribution in [0.25, 0.3) is 0 Å². The van der Waals surface area contributed by atoms with E-state index in [0.717, 1.165) is 6.42 Å². The smallest absolute Gasteiger partial charge is 0.271 e. The second kappa shape index (κ2) is 7.35. The van der Waals surface area contributed by atoms with Crippen molar-refractivity contribution in [2.45, 2.75) is 6.42 Å². The summed E-state index contributed by atoms with van der Waals surface area (Å²) >= 11 is 12.8. The number of halogens is 1. The molecule has 0 aliphatic rings. The quantitative estimate of drug-likeness (QED) is 0.491. The minimum atomic E-state index is -0.477. The van der Waals surface area contributed by atoms with Gasteiger partial charge in [0.05, 0.1) is 15.6 Å². The van der Waals surface area contributed by atoms with E-state index in [0.29, 0.717) is 22.4 Å². The molecular weight excluding hydrogens is 330 g/mol. The van der Waals surface area contributed by atoms with Gasteiger partial charge in [0.25, 0.3) is 5.69 Å². The van der Waals surface area contributed by atoms with Gasteiger partial charge in [0.15, 0.2) is 5.11 Å². The van der Waals surface area contributed by atoms with Gasteiger partial charge >= 0.3 is 0 Å². The molecule has 2 N–H and O–H groups in total. The number of hydrogen-bond acceptors (Lipinski definition) is 4. The Morgan fingerprint density at radius 3 is 2.90 bits per heavy atom. The van der Waals surface area contributed by atoms with Gasteiger partial charge in [-0.05, 0) is 36.2 Å². The summed E-state index contributed by atoms with van der Waals surface area (Å²) in [5, 5.41) is 19.4. The zero-order chi connectivity index (χ0) is 15.2. The van der Waals surface area contributed by atoms with Crippen molar-refractivity contribution in [2.24, 2.45) is 0 Å². The van der Waals surface area contributed by atoms with E-state index in [1.54, 1.807) is 11.3 Å². The summed E-state index contributed by atoms with van der Waals surface area (Å²) < 4.78 is 0. The van der Waals surface area contributed by atoms with Crippen molar-refractivity contribution in [3.05, 3.63) is 55.7 Å². The lowest BCUT2D eigenvalue weighted by molar-refractivity contribution is -0.384. The molecule has 8 heteroatoms. The first-order valence-electron chi connectivity index (χ1n) is 6.07. The molecule has 110 valence electrons. The van der Waals surface area contributed by atoms with Crippen molar-refractivity contribution in [2.75, 3.05) is 11.9 Å². The minimum Gasteiger partial charge on any atom is -0.362 e. The molecule has 0 fully saturated rings. The first-order valence-corrected chi connectivity index (χ1v) is 7.74. The van der Waals surface area contributed by atoms with Crippen LogP contribution in [0.5, 0.6) is 0 Å². The molecule has 0 aliphatic carbocycles. The van der Waals surface area contributed by atoms with Crippen LogP contribution in [0, 0.1) is 10.1 Å². The largest absolute Gasteiger partial charge is 0.362 e. The maximum atomic E-state index is 10.7. The summed E-state index contributed by atoms with van der Waals surface area (Å²) in [7, 11) is 0. The van der Waals surface area contributed by atoms with Gasteiger partial charge in [-0.2, -0.15) is 0 Å². The number of non-ortho nitro benzene ring substituents is 1. The standard InChI is InChI=1S/C13H12ClN3O2S2/c14-11-4-3-9(17(18)19)8-12(11)16-13(20)15-6-5-10-2-1-7-21-10/h1-4,7-8H,5-6H2,(H2,15,16,20). The van der Waals surface area contributed by atoms with Gasteiger partial charge in [-0.3, -0.25) is 10.1 Å². The normalized spacial score (nSPS) is 10.1. The summed E-state index contributed by atoms with van der Waals surface area (Å²) in [6, 6.07) is 8.23. The van der Waals surface area contributed by atoms with Crippen molar-refractivity contribution in [1.29, 1.82) is 0 Å². The second-order valence-electron chi connectivity index (χ2n) is 4.13. The molecule has 2 rings (SSSR count). The predicted octanol–water partition coefficient (Wildman–Crippen LogP) is 3.84. The van der Waals surface area contributed by atoms with Crippen molar-refractivity contribution in [3.63, 3.8) is 0 Å². The molecule has 1 aromatic carbocycles. The zero-order valence-corrected chi connectivity index (χ0v) is 13.2. The lowest BCUT2D eigenvalue weighted by Gasteiger charge is -2.11. The van der Waals surface area contributed by atoms with Gasteiger partial charge in [0.2, 0.25) is 0 Å². The number of anilines is 1. The molecular formula is C13H12ClN3O2S2. The fourth-order valence-corrected chi connectivity index (χ4v) is 2.73. The van der Waals surface area contributed by atoms with Gasteiger partial charge in [0, 0.05) is 23.6 Å². The molecule has 1 aromatic heterocycles. The summed E-state index contributed by atoms with van der Waals surface area (Å²) in [6.07, 6.45) is 0.863. The van der Waals surface area contributed by atoms with Gasteiger partial charge in [-0.15, -0.1) is 11.3 Å². The maximum absolute atomic E-state index is 10.7. The van der Waals surface area contributed by atoms with Crippen LogP contribution >= 0.6 is 35.2 Å². The van der Waals surface area contributed by atoms with Crippen LogP contribution in [-0.2, 0) is 6.42 Å². The number of thiophene rings is 1. The number of benzene rings is 1. The summed E-state index contributed by atoms with van der Waals surface area (Å²) in [4.78, 5) is 11.5. The Balaban J connectivity index is 1.90. The van der Waals surface area contributed by atoms with E-state index in [1.807, 2.05) is 11.4 Å². The number of nitro groups is 1. The lowest BCUT2D eigenvalue weighted by Crippen LogP contribution is -2.30. The minimum absolute atomic E-state index is 0.0386. The molecule has 0 bridgehead atoms. The molecule has 0 amide bonds. The Bertz CT molecular complexity index is 647. The van der Waals surface area contributed by atoms with E-state index in [9.17, 15) is 10.1 Å². The maximum Gasteiger partial charge on any atom is 0.271 e. The lowest BCUT2D eigenvalue weighted by atomic mass is 10.3. The van der Waals surface area contributed by atoms with Crippen molar-refractivity contribution in [3.8, 4) is 0 Å². The van der Waals surface area contributed by atoms with Crippen LogP contribution < -0.4 is 10.6 Å². The topological polar surface area (TPSA) is 67.2 Å². The second-order valence-corrected chi connectivity index (χ2v) is 5.98. The Kier molecular flexibility index (Phi) is 5.49. The third-order valence-electron chi connectivity index (χ3n) is 2.65. The molecule has 0 aliphatic heterocycles. The highest BCUT2D eigenvalue weighted by Gasteiger charge is 2.10. The third kappa shape index (κ3) is 4.66. The van der Waals surface area contributed by atoms with Crippen LogP contribution in [0.15, 0.2) is 35.7 Å². The summed E-state index contributed by atoms with van der Waals surface area (Å²) in [5.74, 6) is 0. The molecule has 21 heavy (non-hydrogen) atoms. The van der Waals surface area contributed by atoms with Crippen LogP contribution in [0.4, 0.5) is 11.4 Å². The third-order valence-corrected chi connectivity index (χ3v) is 4.16. The summed E-state index contributed by atoms with van der Waals surface area (Å²) in [5.41, 5.74) is 0.378. The number of nitrogens with zero attached hydrogens (tertiary/aromatic N) is 1. The van der Waals surface area contributed by atoms with Gasteiger partial charge in [-0.25, -0.2) is 0 Å². The van der Waals surface area contributed by atoms with Crippen molar-refractivity contribution in [1.82, 2.24) is 5.32 Å². The first kappa shape index (κ1) is 15.7. The van der Waals surface area contributed by atoms with E-state index in [4.69, 9.17) is 23.8 Å². The zero-order valence-electron chi connectivity index (χ0n) is 10.8. The molecule has 0 atom stereocenters. The van der Waals surface area contributed by atoms with E-state index < -0.39 is 4.92 Å².